The van der Waals surface area contributed by atoms with E-state index in [1.54, 1.807) is 4.88 Å². The topological polar surface area (TPSA) is 27.1 Å². The molecule has 5 heteroatoms. The van der Waals surface area contributed by atoms with Crippen molar-refractivity contribution in [1.29, 1.82) is 0 Å². The summed E-state index contributed by atoms with van der Waals surface area (Å²) in [4.78, 5) is 2.84. The second kappa shape index (κ2) is 6.85. The molecule has 2 heterocycles. The van der Waals surface area contributed by atoms with Crippen molar-refractivity contribution in [3.63, 3.8) is 0 Å². The Kier molecular flexibility index (Phi) is 5.05. The van der Waals surface area contributed by atoms with Crippen LogP contribution in [0.1, 0.15) is 42.9 Å². The van der Waals surface area contributed by atoms with Gasteiger partial charge in [-0.1, -0.05) is 38.9 Å². The summed E-state index contributed by atoms with van der Waals surface area (Å²) in [5, 5.41) is 5.78. The average molecular weight is 337 g/mol. The number of rotatable bonds is 6. The molecule has 122 valence electrons. The minimum atomic E-state index is -1.00. The van der Waals surface area contributed by atoms with Crippen LogP contribution >= 0.6 is 11.3 Å². The van der Waals surface area contributed by atoms with E-state index in [4.69, 9.17) is 4.74 Å². The van der Waals surface area contributed by atoms with E-state index in [9.17, 15) is 0 Å². The van der Waals surface area contributed by atoms with Gasteiger partial charge in [0, 0.05) is 24.9 Å². The van der Waals surface area contributed by atoms with E-state index < -0.39 is 8.07 Å². The molecule has 0 aromatic carbocycles. The molecular weight excluding hydrogens is 308 g/mol. The van der Waals surface area contributed by atoms with Crippen LogP contribution in [0, 0.1) is 0 Å². The Hall–Kier alpha value is -0.653. The lowest BCUT2D eigenvalue weighted by molar-refractivity contribution is 0.0820. The number of nitrogens with zero attached hydrogens (tertiary/aromatic N) is 2. The van der Waals surface area contributed by atoms with Gasteiger partial charge >= 0.3 is 0 Å². The minimum Gasteiger partial charge on any atom is -0.359 e. The van der Waals surface area contributed by atoms with Gasteiger partial charge in [-0.2, -0.15) is 5.10 Å². The third-order valence-corrected chi connectivity index (χ3v) is 7.58. The Bertz CT molecular complexity index is 608. The Morgan fingerprint density at radius 2 is 2.05 bits per heavy atom. The maximum atomic E-state index is 5.86. The smallest absolute Gasteiger partial charge is 0.140 e. The first-order valence-electron chi connectivity index (χ1n) is 8.56. The number of ether oxygens (including phenoxy) is 1. The zero-order valence-corrected chi connectivity index (χ0v) is 15.9. The van der Waals surface area contributed by atoms with E-state index in [1.165, 1.54) is 48.4 Å². The molecule has 2 aromatic rings. The zero-order chi connectivity index (χ0) is 15.6. The molecule has 1 fully saturated rings. The number of fused-ring (bicyclic) bond motifs is 1. The van der Waals surface area contributed by atoms with E-state index in [0.717, 1.165) is 12.5 Å². The first-order valence-corrected chi connectivity index (χ1v) is 13.1. The fourth-order valence-corrected chi connectivity index (χ4v) is 5.11. The Morgan fingerprint density at radius 3 is 2.77 bits per heavy atom. The Labute approximate surface area is 138 Å². The van der Waals surface area contributed by atoms with Gasteiger partial charge in [0.25, 0.3) is 0 Å². The highest BCUT2D eigenvalue weighted by Crippen LogP contribution is 2.38. The molecule has 0 bridgehead atoms. The summed E-state index contributed by atoms with van der Waals surface area (Å²) in [6, 6.07) is 3.58. The maximum absolute atomic E-state index is 5.86. The van der Waals surface area contributed by atoms with Gasteiger partial charge in [-0.3, -0.25) is 0 Å². The molecule has 0 spiro atoms. The molecule has 1 saturated carbocycles. The predicted molar refractivity (Wildman–Crippen MR) is 97.5 cm³/mol. The number of thiophene rings is 1. The summed E-state index contributed by atoms with van der Waals surface area (Å²) in [6.45, 7) is 8.62. The molecule has 0 atom stereocenters. The van der Waals surface area contributed by atoms with Crippen molar-refractivity contribution in [1.82, 2.24) is 9.78 Å². The van der Waals surface area contributed by atoms with Crippen LogP contribution in [0.4, 0.5) is 0 Å². The van der Waals surface area contributed by atoms with Crippen LogP contribution in [0.3, 0.4) is 0 Å². The average Bonchev–Trinajstić information content (AvgIpc) is 3.04. The minimum absolute atomic E-state index is 0.596. The highest BCUT2D eigenvalue weighted by molar-refractivity contribution is 7.18. The van der Waals surface area contributed by atoms with E-state index in [-0.39, 0.29) is 0 Å². The van der Waals surface area contributed by atoms with Gasteiger partial charge in [0.1, 0.15) is 11.6 Å². The summed E-state index contributed by atoms with van der Waals surface area (Å²) in [5.41, 5.74) is 0. The first kappa shape index (κ1) is 16.2. The summed E-state index contributed by atoms with van der Waals surface area (Å²) in [6.07, 6.45) is 8.93. The molecule has 2 aromatic heterocycles. The predicted octanol–water partition coefficient (Wildman–Crippen LogP) is 5.46. The third-order valence-electron chi connectivity index (χ3n) is 4.55. The molecule has 0 N–H and O–H groups in total. The van der Waals surface area contributed by atoms with Crippen molar-refractivity contribution >= 4 is 29.6 Å². The molecule has 1 aliphatic rings. The van der Waals surface area contributed by atoms with Crippen LogP contribution in [0.5, 0.6) is 0 Å². The number of hydrogen-bond donors (Lipinski definition) is 0. The lowest BCUT2D eigenvalue weighted by atomic mass is 9.88. The van der Waals surface area contributed by atoms with Crippen LogP contribution in [0.15, 0.2) is 12.3 Å². The standard InChI is InChI=1S/C17H28N2OSSi/c1-22(2,3)10-9-20-13-19-17-15(12-18-19)11-16(21-17)14-7-5-4-6-8-14/h11-12,14H,4-10,13H2,1-3H3. The van der Waals surface area contributed by atoms with Crippen LogP contribution in [0.2, 0.25) is 25.7 Å². The Balaban J connectivity index is 1.62. The van der Waals surface area contributed by atoms with Crippen molar-refractivity contribution in [2.24, 2.45) is 0 Å². The normalized spacial score (nSPS) is 17.4. The van der Waals surface area contributed by atoms with Gasteiger partial charge in [-0.25, -0.2) is 4.68 Å². The molecule has 0 amide bonds. The molecule has 0 unspecified atom stereocenters. The van der Waals surface area contributed by atoms with Crippen molar-refractivity contribution in [2.45, 2.75) is 70.4 Å². The highest BCUT2D eigenvalue weighted by Gasteiger charge is 2.19. The maximum Gasteiger partial charge on any atom is 0.140 e. The molecule has 0 aliphatic heterocycles. The quantitative estimate of drug-likeness (QED) is 0.517. The highest BCUT2D eigenvalue weighted by atomic mass is 32.1. The third kappa shape index (κ3) is 4.00. The SMILES string of the molecule is C[Si](C)(C)CCOCn1ncc2cc(C3CCCCC3)sc21. The molecule has 3 rings (SSSR count). The van der Waals surface area contributed by atoms with Crippen LogP contribution < -0.4 is 0 Å². The molecular formula is C17H28N2OSSi. The molecule has 0 saturated heterocycles. The van der Waals surface area contributed by atoms with Gasteiger partial charge in [0.2, 0.25) is 0 Å². The van der Waals surface area contributed by atoms with Gasteiger partial charge in [-0.05, 0) is 30.9 Å². The van der Waals surface area contributed by atoms with Gasteiger partial charge < -0.3 is 4.74 Å². The summed E-state index contributed by atoms with van der Waals surface area (Å²) in [7, 11) is -1.00. The van der Waals surface area contributed by atoms with E-state index in [2.05, 4.69) is 30.8 Å². The van der Waals surface area contributed by atoms with Crippen molar-refractivity contribution in [2.75, 3.05) is 6.61 Å². The second-order valence-electron chi connectivity index (χ2n) is 7.74. The van der Waals surface area contributed by atoms with Crippen LogP contribution in [0.25, 0.3) is 10.2 Å². The van der Waals surface area contributed by atoms with Crippen molar-refractivity contribution in [3.05, 3.63) is 17.1 Å². The summed E-state index contributed by atoms with van der Waals surface area (Å²) in [5.74, 6) is 0.785. The fraction of sp³-hybridized carbons (Fsp3) is 0.706. The van der Waals surface area contributed by atoms with Crippen molar-refractivity contribution in [3.8, 4) is 0 Å². The summed E-state index contributed by atoms with van der Waals surface area (Å²) < 4.78 is 7.90. The largest absolute Gasteiger partial charge is 0.359 e. The van der Waals surface area contributed by atoms with Crippen molar-refractivity contribution < 1.29 is 4.74 Å². The molecule has 1 aliphatic carbocycles. The lowest BCUT2D eigenvalue weighted by Crippen LogP contribution is -2.22. The summed E-state index contributed by atoms with van der Waals surface area (Å²) >= 11 is 1.93. The van der Waals surface area contributed by atoms with Gasteiger partial charge in [0.05, 0.1) is 6.20 Å². The van der Waals surface area contributed by atoms with Gasteiger partial charge in [-0.15, -0.1) is 11.3 Å². The molecule has 0 radical (unpaired) electrons. The molecule has 22 heavy (non-hydrogen) atoms. The van der Waals surface area contributed by atoms with E-state index >= 15 is 0 Å². The van der Waals surface area contributed by atoms with Crippen LogP contribution in [-0.2, 0) is 11.5 Å². The number of aromatic nitrogens is 2. The molecule has 3 nitrogen and oxygen atoms in total. The van der Waals surface area contributed by atoms with E-state index in [0.29, 0.717) is 6.73 Å². The lowest BCUT2D eigenvalue weighted by Gasteiger charge is -2.19. The monoisotopic (exact) mass is 336 g/mol. The van der Waals surface area contributed by atoms with Crippen LogP contribution in [-0.4, -0.2) is 24.5 Å². The number of hydrogen-bond acceptors (Lipinski definition) is 3. The zero-order valence-electron chi connectivity index (χ0n) is 14.1. The fourth-order valence-electron chi connectivity index (χ4n) is 3.10. The van der Waals surface area contributed by atoms with E-state index in [1.807, 2.05) is 22.2 Å². The van der Waals surface area contributed by atoms with Gasteiger partial charge in [0.15, 0.2) is 0 Å². The first-order chi connectivity index (χ1) is 10.5. The Morgan fingerprint density at radius 1 is 1.27 bits per heavy atom. The second-order valence-corrected chi connectivity index (χ2v) is 14.4.